The van der Waals surface area contributed by atoms with Gasteiger partial charge in [-0.2, -0.15) is 0 Å². The first kappa shape index (κ1) is 15.3. The van der Waals surface area contributed by atoms with Gasteiger partial charge < -0.3 is 10.2 Å². The van der Waals surface area contributed by atoms with Gasteiger partial charge in [-0.25, -0.2) is 0 Å². The van der Waals surface area contributed by atoms with Crippen LogP contribution in [0.2, 0.25) is 0 Å². The van der Waals surface area contributed by atoms with Crippen molar-refractivity contribution in [3.8, 4) is 0 Å². The van der Waals surface area contributed by atoms with E-state index in [1.807, 2.05) is 25.2 Å². The van der Waals surface area contributed by atoms with Crippen LogP contribution < -0.4 is 0 Å². The molecule has 4 atom stereocenters. The van der Waals surface area contributed by atoms with Gasteiger partial charge in [0.1, 0.15) is 0 Å². The summed E-state index contributed by atoms with van der Waals surface area (Å²) < 4.78 is 0. The number of hydrogen-bond acceptors (Lipinski definition) is 2. The lowest BCUT2D eigenvalue weighted by Crippen LogP contribution is -2.46. The van der Waals surface area contributed by atoms with Gasteiger partial charge in [0.05, 0.1) is 11.5 Å². The zero-order valence-corrected chi connectivity index (χ0v) is 13.1. The summed E-state index contributed by atoms with van der Waals surface area (Å²) in [5, 5.41) is 20.7. The third kappa shape index (κ3) is 2.11. The van der Waals surface area contributed by atoms with Crippen LogP contribution in [0.4, 0.5) is 0 Å². The van der Waals surface area contributed by atoms with Crippen LogP contribution in [0.1, 0.15) is 39.0 Å². The number of allylic oxidation sites excluding steroid dienone is 5. The Morgan fingerprint density at radius 3 is 2.82 bits per heavy atom. The van der Waals surface area contributed by atoms with Crippen LogP contribution in [0.3, 0.4) is 0 Å². The van der Waals surface area contributed by atoms with Crippen LogP contribution in [-0.2, 0) is 4.79 Å². The van der Waals surface area contributed by atoms with Gasteiger partial charge in [-0.15, -0.1) is 0 Å². The zero-order chi connectivity index (χ0) is 16.1. The third-order valence-electron chi connectivity index (χ3n) is 6.02. The van der Waals surface area contributed by atoms with Crippen molar-refractivity contribution >= 4 is 5.97 Å². The van der Waals surface area contributed by atoms with Crippen LogP contribution in [-0.4, -0.2) is 21.8 Å². The number of carboxylic acids is 1. The van der Waals surface area contributed by atoms with Crippen molar-refractivity contribution in [1.29, 1.82) is 0 Å². The summed E-state index contributed by atoms with van der Waals surface area (Å²) in [7, 11) is 0. The fourth-order valence-corrected chi connectivity index (χ4v) is 4.90. The molecule has 3 aliphatic carbocycles. The Labute approximate surface area is 131 Å². The molecule has 2 saturated carbocycles. The molecule has 3 rings (SSSR count). The average Bonchev–Trinajstić information content (AvgIpc) is 2.65. The maximum atomic E-state index is 12.0. The average molecular weight is 300 g/mol. The molecule has 118 valence electrons. The van der Waals surface area contributed by atoms with Crippen molar-refractivity contribution < 1.29 is 15.0 Å². The van der Waals surface area contributed by atoms with Gasteiger partial charge in [0.2, 0.25) is 0 Å². The molecular weight excluding hydrogens is 276 g/mol. The standard InChI is InChI=1S/C19H24O3/c1-12-5-4-6-13(2)15-7-8-19(22)11-18(15,10-14(19)3)16(9-12)17(20)21/h4-6,15-16,22H,2-3,7-11H2,1H3,(H,20,21)/b6-4-,12-5-/t15-,16+,18-,19-/m0/s1. The van der Waals surface area contributed by atoms with E-state index >= 15 is 0 Å². The second-order valence-electron chi connectivity index (χ2n) is 7.36. The molecule has 0 radical (unpaired) electrons. The molecule has 2 bridgehead atoms. The highest BCUT2D eigenvalue weighted by molar-refractivity contribution is 5.72. The van der Waals surface area contributed by atoms with Gasteiger partial charge in [-0.05, 0) is 55.9 Å². The summed E-state index contributed by atoms with van der Waals surface area (Å²) in [5.74, 6) is -1.17. The SMILES string of the molecule is C=C1/C=C\C=C(\C)C[C@H](C(=O)O)[C@]23CC(=C)[C@](O)(CC[C@@H]12)C3. The summed E-state index contributed by atoms with van der Waals surface area (Å²) in [6.45, 7) is 10.2. The van der Waals surface area contributed by atoms with Crippen molar-refractivity contribution in [2.24, 2.45) is 17.3 Å². The molecule has 0 amide bonds. The van der Waals surface area contributed by atoms with E-state index in [9.17, 15) is 15.0 Å². The largest absolute Gasteiger partial charge is 0.481 e. The summed E-state index contributed by atoms with van der Waals surface area (Å²) in [4.78, 5) is 12.0. The Kier molecular flexibility index (Phi) is 3.44. The van der Waals surface area contributed by atoms with Crippen molar-refractivity contribution in [3.05, 3.63) is 48.1 Å². The number of hydrogen-bond donors (Lipinski definition) is 2. The van der Waals surface area contributed by atoms with Gasteiger partial charge >= 0.3 is 5.97 Å². The van der Waals surface area contributed by atoms with Gasteiger partial charge in [0.15, 0.2) is 0 Å². The topological polar surface area (TPSA) is 57.5 Å². The minimum Gasteiger partial charge on any atom is -0.481 e. The molecule has 0 aromatic rings. The van der Waals surface area contributed by atoms with Crippen LogP contribution in [0.5, 0.6) is 0 Å². The fourth-order valence-electron chi connectivity index (χ4n) is 4.90. The smallest absolute Gasteiger partial charge is 0.307 e. The molecule has 0 aromatic carbocycles. The predicted octanol–water partition coefficient (Wildman–Crippen LogP) is 3.63. The number of carboxylic acid groups (broad SMARTS) is 1. The molecule has 0 saturated heterocycles. The first-order valence-electron chi connectivity index (χ1n) is 7.94. The molecule has 0 aliphatic heterocycles. The summed E-state index contributed by atoms with van der Waals surface area (Å²) in [6, 6.07) is 0. The summed E-state index contributed by atoms with van der Waals surface area (Å²) >= 11 is 0. The van der Waals surface area contributed by atoms with E-state index in [1.165, 1.54) is 0 Å². The van der Waals surface area contributed by atoms with E-state index in [-0.39, 0.29) is 5.92 Å². The Balaban J connectivity index is 2.15. The molecule has 3 heteroatoms. The lowest BCUT2D eigenvalue weighted by atomic mass is 9.57. The molecule has 1 spiro atoms. The zero-order valence-electron chi connectivity index (χ0n) is 13.1. The highest BCUT2D eigenvalue weighted by Gasteiger charge is 2.61. The van der Waals surface area contributed by atoms with Gasteiger partial charge in [-0.1, -0.05) is 42.5 Å². The maximum absolute atomic E-state index is 12.0. The van der Waals surface area contributed by atoms with Crippen molar-refractivity contribution in [2.75, 3.05) is 0 Å². The maximum Gasteiger partial charge on any atom is 0.307 e. The van der Waals surface area contributed by atoms with E-state index in [1.54, 1.807) is 0 Å². The molecule has 22 heavy (non-hydrogen) atoms. The fraction of sp³-hybridized carbons (Fsp3) is 0.526. The predicted molar refractivity (Wildman–Crippen MR) is 86.3 cm³/mol. The quantitative estimate of drug-likeness (QED) is 0.727. The Bertz CT molecular complexity index is 612. The summed E-state index contributed by atoms with van der Waals surface area (Å²) in [5.41, 5.74) is 1.49. The second-order valence-corrected chi connectivity index (χ2v) is 7.36. The van der Waals surface area contributed by atoms with Crippen molar-refractivity contribution in [3.63, 3.8) is 0 Å². The number of carbonyl (C=O) groups is 1. The van der Waals surface area contributed by atoms with Gasteiger partial charge in [0, 0.05) is 0 Å². The molecule has 0 heterocycles. The molecule has 0 aromatic heterocycles. The molecular formula is C19H24O3. The normalized spacial score (nSPS) is 45.1. The molecule has 2 N–H and O–H groups in total. The first-order valence-corrected chi connectivity index (χ1v) is 7.94. The molecule has 3 aliphatic rings. The number of rotatable bonds is 1. The van der Waals surface area contributed by atoms with Crippen LogP contribution in [0, 0.1) is 17.3 Å². The lowest BCUT2D eigenvalue weighted by Gasteiger charge is -2.47. The Hall–Kier alpha value is -1.61. The van der Waals surface area contributed by atoms with Crippen LogP contribution >= 0.6 is 0 Å². The monoisotopic (exact) mass is 300 g/mol. The van der Waals surface area contributed by atoms with E-state index in [4.69, 9.17) is 0 Å². The molecule has 0 unspecified atom stereocenters. The van der Waals surface area contributed by atoms with E-state index in [2.05, 4.69) is 13.2 Å². The number of aliphatic carboxylic acids is 1. The third-order valence-corrected chi connectivity index (χ3v) is 6.02. The van der Waals surface area contributed by atoms with Crippen molar-refractivity contribution in [2.45, 2.75) is 44.6 Å². The number of fused-ring (bicyclic) bond motifs is 1. The highest BCUT2D eigenvalue weighted by atomic mass is 16.4. The molecule has 3 nitrogen and oxygen atoms in total. The van der Waals surface area contributed by atoms with Gasteiger partial charge in [-0.3, -0.25) is 4.79 Å². The van der Waals surface area contributed by atoms with Crippen LogP contribution in [0.25, 0.3) is 0 Å². The van der Waals surface area contributed by atoms with Crippen LogP contribution in [0.15, 0.2) is 48.1 Å². The van der Waals surface area contributed by atoms with Crippen molar-refractivity contribution in [1.82, 2.24) is 0 Å². The first-order chi connectivity index (χ1) is 10.3. The van der Waals surface area contributed by atoms with Gasteiger partial charge in [0.25, 0.3) is 0 Å². The summed E-state index contributed by atoms with van der Waals surface area (Å²) in [6.07, 6.45) is 9.00. The number of aliphatic hydroxyl groups is 1. The molecule has 2 fully saturated rings. The minimum absolute atomic E-state index is 0.101. The minimum atomic E-state index is -0.889. The highest BCUT2D eigenvalue weighted by Crippen LogP contribution is 2.64. The van der Waals surface area contributed by atoms with E-state index in [0.29, 0.717) is 25.7 Å². The Morgan fingerprint density at radius 1 is 1.41 bits per heavy atom. The van der Waals surface area contributed by atoms with E-state index < -0.39 is 22.9 Å². The second kappa shape index (κ2) is 4.95. The van der Waals surface area contributed by atoms with E-state index in [0.717, 1.165) is 23.1 Å². The lowest BCUT2D eigenvalue weighted by molar-refractivity contribution is -0.150. The Morgan fingerprint density at radius 2 is 2.14 bits per heavy atom.